The molecular formula is C15H16BrFN2O3. The molecule has 1 aromatic carbocycles. The molecule has 1 N–H and O–H groups in total. The molecular weight excluding hydrogens is 355 g/mol. The van der Waals surface area contributed by atoms with Crippen molar-refractivity contribution in [3.8, 4) is 6.07 Å². The lowest BCUT2D eigenvalue weighted by molar-refractivity contribution is -0.125. The summed E-state index contributed by atoms with van der Waals surface area (Å²) in [7, 11) is 0. The van der Waals surface area contributed by atoms with Gasteiger partial charge in [0.1, 0.15) is 11.4 Å². The fourth-order valence-electron chi connectivity index (χ4n) is 1.49. The topological polar surface area (TPSA) is 79.2 Å². The minimum atomic E-state index is -1.06. The van der Waals surface area contributed by atoms with E-state index in [0.717, 1.165) is 6.07 Å². The van der Waals surface area contributed by atoms with Gasteiger partial charge in [0.15, 0.2) is 6.61 Å². The Hall–Kier alpha value is -1.94. The highest BCUT2D eigenvalue weighted by Gasteiger charge is 2.30. The van der Waals surface area contributed by atoms with Gasteiger partial charge in [-0.15, -0.1) is 0 Å². The van der Waals surface area contributed by atoms with Crippen LogP contribution in [0.5, 0.6) is 0 Å². The minimum absolute atomic E-state index is 0.125. The fourth-order valence-corrected chi connectivity index (χ4v) is 1.85. The summed E-state index contributed by atoms with van der Waals surface area (Å²) in [4.78, 5) is 23.5. The van der Waals surface area contributed by atoms with E-state index in [1.54, 1.807) is 20.8 Å². The summed E-state index contributed by atoms with van der Waals surface area (Å²) >= 11 is 3.12. The Kier molecular flexibility index (Phi) is 6.06. The first kappa shape index (κ1) is 18.1. The fraction of sp³-hybridized carbons (Fsp3) is 0.400. The first-order valence-corrected chi connectivity index (χ1v) is 7.33. The Balaban J connectivity index is 2.67. The van der Waals surface area contributed by atoms with Crippen LogP contribution < -0.4 is 5.32 Å². The van der Waals surface area contributed by atoms with Crippen molar-refractivity contribution in [2.45, 2.75) is 26.3 Å². The molecule has 1 aromatic rings. The van der Waals surface area contributed by atoms with E-state index >= 15 is 0 Å². The largest absolute Gasteiger partial charge is 0.452 e. The number of ether oxygens (including phenoxy) is 1. The first-order chi connectivity index (χ1) is 10.2. The number of hydrogen-bond donors (Lipinski definition) is 1. The van der Waals surface area contributed by atoms with Crippen LogP contribution in [0.3, 0.4) is 0 Å². The lowest BCUT2D eigenvalue weighted by Gasteiger charge is -2.27. The maximum atomic E-state index is 13.5. The zero-order valence-electron chi connectivity index (χ0n) is 12.4. The lowest BCUT2D eigenvalue weighted by Crippen LogP contribution is -2.50. The zero-order chi connectivity index (χ0) is 16.9. The number of nitriles is 1. The van der Waals surface area contributed by atoms with Crippen LogP contribution in [0.15, 0.2) is 22.7 Å². The highest BCUT2D eigenvalue weighted by Crippen LogP contribution is 2.17. The van der Waals surface area contributed by atoms with Gasteiger partial charge in [0.25, 0.3) is 5.91 Å². The van der Waals surface area contributed by atoms with Crippen LogP contribution >= 0.6 is 15.9 Å². The van der Waals surface area contributed by atoms with Crippen LogP contribution in [-0.4, -0.2) is 24.0 Å². The molecule has 0 aliphatic carbocycles. The molecule has 118 valence electrons. The van der Waals surface area contributed by atoms with Crippen LogP contribution in [0.4, 0.5) is 4.39 Å². The average Bonchev–Trinajstić information content (AvgIpc) is 2.46. The summed E-state index contributed by atoms with van der Waals surface area (Å²) in [5.41, 5.74) is -1.33. The molecule has 0 aromatic heterocycles. The van der Waals surface area contributed by atoms with Crippen molar-refractivity contribution >= 4 is 27.8 Å². The van der Waals surface area contributed by atoms with Gasteiger partial charge in [-0.1, -0.05) is 29.8 Å². The van der Waals surface area contributed by atoms with Crippen molar-refractivity contribution in [1.29, 1.82) is 5.26 Å². The summed E-state index contributed by atoms with van der Waals surface area (Å²) < 4.78 is 18.8. The number of nitrogens with one attached hydrogen (secondary N) is 1. The summed E-state index contributed by atoms with van der Waals surface area (Å²) in [6, 6.07) is 5.83. The second kappa shape index (κ2) is 7.36. The third-order valence-corrected chi connectivity index (χ3v) is 3.76. The van der Waals surface area contributed by atoms with Crippen LogP contribution in [0, 0.1) is 23.1 Å². The molecule has 7 heteroatoms. The molecule has 22 heavy (non-hydrogen) atoms. The van der Waals surface area contributed by atoms with Crippen molar-refractivity contribution < 1.29 is 18.7 Å². The quantitative estimate of drug-likeness (QED) is 0.808. The minimum Gasteiger partial charge on any atom is -0.452 e. The number of carbonyl (C=O) groups is 2. The van der Waals surface area contributed by atoms with Gasteiger partial charge in [-0.05, 0) is 31.0 Å². The predicted octanol–water partition coefficient (Wildman–Crippen LogP) is 2.80. The van der Waals surface area contributed by atoms with E-state index in [-0.39, 0.29) is 11.5 Å². The van der Waals surface area contributed by atoms with E-state index in [4.69, 9.17) is 10.00 Å². The molecule has 0 bridgehead atoms. The highest BCUT2D eigenvalue weighted by atomic mass is 79.9. The molecule has 1 amide bonds. The maximum absolute atomic E-state index is 13.5. The van der Waals surface area contributed by atoms with E-state index in [9.17, 15) is 14.0 Å². The number of hydrogen-bond acceptors (Lipinski definition) is 4. The Labute approximate surface area is 136 Å². The number of rotatable bonds is 5. The predicted molar refractivity (Wildman–Crippen MR) is 81.4 cm³/mol. The third kappa shape index (κ3) is 4.53. The summed E-state index contributed by atoms with van der Waals surface area (Å²) in [6.45, 7) is 4.55. The molecule has 0 heterocycles. The van der Waals surface area contributed by atoms with E-state index in [0.29, 0.717) is 4.47 Å². The first-order valence-electron chi connectivity index (χ1n) is 6.54. The molecule has 0 saturated carbocycles. The monoisotopic (exact) mass is 370 g/mol. The van der Waals surface area contributed by atoms with Gasteiger partial charge in [0.2, 0.25) is 0 Å². The van der Waals surface area contributed by atoms with Crippen molar-refractivity contribution in [3.63, 3.8) is 0 Å². The van der Waals surface area contributed by atoms with Gasteiger partial charge in [0, 0.05) is 4.47 Å². The van der Waals surface area contributed by atoms with Gasteiger partial charge in [-0.3, -0.25) is 4.79 Å². The van der Waals surface area contributed by atoms with E-state index in [1.807, 2.05) is 6.07 Å². The molecule has 5 nitrogen and oxygen atoms in total. The molecule has 0 unspecified atom stereocenters. The maximum Gasteiger partial charge on any atom is 0.341 e. The molecule has 0 aliphatic heterocycles. The van der Waals surface area contributed by atoms with Gasteiger partial charge in [-0.25, -0.2) is 9.18 Å². The molecule has 0 saturated heterocycles. The van der Waals surface area contributed by atoms with Crippen LogP contribution in [0.25, 0.3) is 0 Å². The number of carbonyl (C=O) groups excluding carboxylic acids is 2. The Morgan fingerprint density at radius 2 is 2.14 bits per heavy atom. The second-order valence-corrected chi connectivity index (χ2v) is 6.13. The SMILES string of the molecule is CC(C)[C@@](C)(C#N)NC(=O)COC(=O)c1cc(Br)ccc1F. The van der Waals surface area contributed by atoms with Gasteiger partial charge in [0.05, 0.1) is 11.6 Å². The lowest BCUT2D eigenvalue weighted by atomic mass is 9.90. The number of amides is 1. The molecule has 1 rings (SSSR count). The Morgan fingerprint density at radius 1 is 1.50 bits per heavy atom. The summed E-state index contributed by atoms with van der Waals surface area (Å²) in [5, 5.41) is 11.6. The van der Waals surface area contributed by atoms with Crippen molar-refractivity contribution in [3.05, 3.63) is 34.1 Å². The number of benzene rings is 1. The standard InChI is InChI=1S/C15H16BrFN2O3/c1-9(2)15(3,8-18)19-13(20)7-22-14(21)11-6-10(16)4-5-12(11)17/h4-6,9H,7H2,1-3H3,(H,19,20)/t15-/m1/s1. The number of halogens is 2. The number of esters is 1. The zero-order valence-corrected chi connectivity index (χ0v) is 14.0. The highest BCUT2D eigenvalue weighted by molar-refractivity contribution is 9.10. The van der Waals surface area contributed by atoms with Crippen molar-refractivity contribution in [1.82, 2.24) is 5.32 Å². The van der Waals surface area contributed by atoms with Gasteiger partial charge in [-0.2, -0.15) is 5.26 Å². The van der Waals surface area contributed by atoms with E-state index in [1.165, 1.54) is 12.1 Å². The molecule has 1 atom stereocenters. The average molecular weight is 371 g/mol. The van der Waals surface area contributed by atoms with E-state index in [2.05, 4.69) is 21.2 Å². The van der Waals surface area contributed by atoms with E-state index < -0.39 is 29.8 Å². The Bertz CT molecular complexity index is 628. The second-order valence-electron chi connectivity index (χ2n) is 5.22. The molecule has 0 radical (unpaired) electrons. The smallest absolute Gasteiger partial charge is 0.341 e. The van der Waals surface area contributed by atoms with Crippen LogP contribution in [-0.2, 0) is 9.53 Å². The van der Waals surface area contributed by atoms with Crippen molar-refractivity contribution in [2.24, 2.45) is 5.92 Å². The molecule has 0 spiro atoms. The third-order valence-electron chi connectivity index (χ3n) is 3.27. The van der Waals surface area contributed by atoms with Gasteiger partial charge < -0.3 is 10.1 Å². The molecule has 0 fully saturated rings. The normalized spacial score (nSPS) is 13.1. The number of nitrogens with zero attached hydrogens (tertiary/aromatic N) is 1. The van der Waals surface area contributed by atoms with Crippen LogP contribution in [0.2, 0.25) is 0 Å². The molecule has 0 aliphatic rings. The van der Waals surface area contributed by atoms with Crippen molar-refractivity contribution in [2.75, 3.05) is 6.61 Å². The van der Waals surface area contributed by atoms with Gasteiger partial charge >= 0.3 is 5.97 Å². The Morgan fingerprint density at radius 3 is 2.68 bits per heavy atom. The van der Waals surface area contributed by atoms with Crippen LogP contribution in [0.1, 0.15) is 31.1 Å². The summed E-state index contributed by atoms with van der Waals surface area (Å²) in [5.74, 6) is -2.43. The summed E-state index contributed by atoms with van der Waals surface area (Å²) in [6.07, 6.45) is 0.